The maximum absolute atomic E-state index is 13.4. The predicted octanol–water partition coefficient (Wildman–Crippen LogP) is 2.07. The molecule has 0 bridgehead atoms. The molecule has 1 N–H and O–H groups in total. The van der Waals surface area contributed by atoms with E-state index in [1.165, 1.54) is 29.8 Å². The third-order valence-corrected chi connectivity index (χ3v) is 5.62. The first-order valence-corrected chi connectivity index (χ1v) is 10.9. The zero-order chi connectivity index (χ0) is 24.5. The standard InChI is InChI=1S/C22H23F3N6O3/c1-14-13-17(32)19(28-31(14)16-8-3-2-7-15(16)22(23,24)25)20(33)26-10-6-12-30-21(34)29-11-5-4-9-18(29)27-30/h2-3,7-8,13H,4-6,9-12H2,1H3,(H,26,33). The molecule has 180 valence electrons. The summed E-state index contributed by atoms with van der Waals surface area (Å²) in [5, 5.41) is 10.8. The lowest BCUT2D eigenvalue weighted by Crippen LogP contribution is -2.33. The molecule has 4 rings (SSSR count). The number of nitrogens with zero attached hydrogens (tertiary/aromatic N) is 5. The van der Waals surface area contributed by atoms with E-state index in [1.807, 2.05) is 0 Å². The maximum atomic E-state index is 13.4. The van der Waals surface area contributed by atoms with Crippen LogP contribution in [-0.2, 0) is 25.7 Å². The lowest BCUT2D eigenvalue weighted by Gasteiger charge is -2.16. The van der Waals surface area contributed by atoms with Crippen molar-refractivity contribution >= 4 is 5.91 Å². The summed E-state index contributed by atoms with van der Waals surface area (Å²) in [5.74, 6) is -0.0523. The van der Waals surface area contributed by atoms with Crippen molar-refractivity contribution in [1.29, 1.82) is 0 Å². The number of hydrogen-bond acceptors (Lipinski definition) is 5. The molecule has 0 aliphatic carbocycles. The fourth-order valence-electron chi connectivity index (χ4n) is 3.96. The second-order valence-electron chi connectivity index (χ2n) is 8.07. The second kappa shape index (κ2) is 9.27. The van der Waals surface area contributed by atoms with Crippen LogP contribution in [0.3, 0.4) is 0 Å². The molecule has 3 heterocycles. The van der Waals surface area contributed by atoms with Crippen molar-refractivity contribution in [2.24, 2.45) is 0 Å². The minimum absolute atomic E-state index is 0.127. The van der Waals surface area contributed by atoms with E-state index < -0.39 is 28.8 Å². The fraction of sp³-hybridized carbons (Fsp3) is 0.409. The van der Waals surface area contributed by atoms with Crippen LogP contribution < -0.4 is 16.4 Å². The zero-order valence-electron chi connectivity index (χ0n) is 18.4. The Morgan fingerprint density at radius 3 is 2.65 bits per heavy atom. The van der Waals surface area contributed by atoms with Gasteiger partial charge in [-0.1, -0.05) is 12.1 Å². The highest BCUT2D eigenvalue weighted by atomic mass is 19.4. The molecule has 12 heteroatoms. The van der Waals surface area contributed by atoms with E-state index >= 15 is 0 Å². The number of hydrogen-bond donors (Lipinski definition) is 1. The van der Waals surface area contributed by atoms with Crippen molar-refractivity contribution in [3.05, 3.63) is 73.8 Å². The number of aromatic nitrogens is 5. The molecular weight excluding hydrogens is 453 g/mol. The lowest BCUT2D eigenvalue weighted by atomic mass is 10.1. The van der Waals surface area contributed by atoms with Gasteiger partial charge in [-0.3, -0.25) is 14.2 Å². The monoisotopic (exact) mass is 476 g/mol. The van der Waals surface area contributed by atoms with Gasteiger partial charge in [0.05, 0.1) is 11.3 Å². The summed E-state index contributed by atoms with van der Waals surface area (Å²) in [6.45, 7) is 2.49. The molecule has 34 heavy (non-hydrogen) atoms. The van der Waals surface area contributed by atoms with Gasteiger partial charge in [-0.2, -0.15) is 23.4 Å². The minimum atomic E-state index is -4.64. The van der Waals surface area contributed by atoms with Gasteiger partial charge in [0, 0.05) is 37.8 Å². The van der Waals surface area contributed by atoms with Gasteiger partial charge < -0.3 is 5.32 Å². The number of rotatable bonds is 6. The van der Waals surface area contributed by atoms with Crippen molar-refractivity contribution in [1.82, 2.24) is 29.4 Å². The van der Waals surface area contributed by atoms with Gasteiger partial charge in [-0.05, 0) is 38.3 Å². The van der Waals surface area contributed by atoms with Gasteiger partial charge in [0.2, 0.25) is 5.43 Å². The zero-order valence-corrected chi connectivity index (χ0v) is 18.4. The molecule has 1 aromatic carbocycles. The third kappa shape index (κ3) is 4.66. The van der Waals surface area contributed by atoms with Crippen LogP contribution in [0.2, 0.25) is 0 Å². The largest absolute Gasteiger partial charge is 0.418 e. The third-order valence-electron chi connectivity index (χ3n) is 5.62. The van der Waals surface area contributed by atoms with Crippen molar-refractivity contribution in [3.63, 3.8) is 0 Å². The Bertz CT molecular complexity index is 1340. The van der Waals surface area contributed by atoms with Crippen LogP contribution in [0.4, 0.5) is 13.2 Å². The molecular formula is C22H23F3N6O3. The van der Waals surface area contributed by atoms with Crippen LogP contribution in [0.15, 0.2) is 39.9 Å². The number of nitrogens with one attached hydrogen (secondary N) is 1. The molecule has 1 aliphatic rings. The number of halogens is 3. The van der Waals surface area contributed by atoms with E-state index in [1.54, 1.807) is 4.57 Å². The maximum Gasteiger partial charge on any atom is 0.418 e. The minimum Gasteiger partial charge on any atom is -0.350 e. The summed E-state index contributed by atoms with van der Waals surface area (Å²) in [5.41, 5.74) is -2.47. The Hall–Kier alpha value is -3.70. The number of carbonyl (C=O) groups is 1. The van der Waals surface area contributed by atoms with E-state index in [2.05, 4.69) is 15.5 Å². The van der Waals surface area contributed by atoms with Crippen molar-refractivity contribution in [2.45, 2.75) is 51.9 Å². The van der Waals surface area contributed by atoms with E-state index in [4.69, 9.17) is 0 Å². The summed E-state index contributed by atoms with van der Waals surface area (Å²) in [6.07, 6.45) is -1.59. The van der Waals surface area contributed by atoms with Crippen LogP contribution in [0.25, 0.3) is 5.69 Å². The highest BCUT2D eigenvalue weighted by Crippen LogP contribution is 2.33. The second-order valence-corrected chi connectivity index (χ2v) is 8.07. The quantitative estimate of drug-likeness (QED) is 0.549. The first kappa shape index (κ1) is 23.5. The number of aryl methyl sites for hydroxylation is 3. The van der Waals surface area contributed by atoms with Gasteiger partial charge >= 0.3 is 11.9 Å². The molecule has 3 aromatic rings. The van der Waals surface area contributed by atoms with Gasteiger partial charge in [0.25, 0.3) is 5.91 Å². The summed E-state index contributed by atoms with van der Waals surface area (Å²) in [7, 11) is 0. The molecule has 0 saturated heterocycles. The van der Waals surface area contributed by atoms with Crippen LogP contribution in [0, 0.1) is 6.92 Å². The first-order chi connectivity index (χ1) is 16.2. The van der Waals surface area contributed by atoms with Crippen molar-refractivity contribution in [3.8, 4) is 5.69 Å². The molecule has 0 spiro atoms. The average molecular weight is 476 g/mol. The molecule has 0 radical (unpaired) electrons. The Labute approximate surface area is 191 Å². The van der Waals surface area contributed by atoms with Crippen molar-refractivity contribution in [2.75, 3.05) is 6.54 Å². The Morgan fingerprint density at radius 2 is 1.91 bits per heavy atom. The molecule has 0 fully saturated rings. The van der Waals surface area contributed by atoms with E-state index in [0.717, 1.165) is 41.9 Å². The molecule has 2 aromatic heterocycles. The Morgan fingerprint density at radius 1 is 1.15 bits per heavy atom. The molecule has 1 aliphatic heterocycles. The molecule has 0 unspecified atom stereocenters. The van der Waals surface area contributed by atoms with Gasteiger partial charge in [-0.15, -0.1) is 0 Å². The normalized spacial score (nSPS) is 13.5. The predicted molar refractivity (Wildman–Crippen MR) is 116 cm³/mol. The molecule has 0 atom stereocenters. The summed E-state index contributed by atoms with van der Waals surface area (Å²) >= 11 is 0. The number of alkyl halides is 3. The van der Waals surface area contributed by atoms with E-state index in [-0.39, 0.29) is 30.2 Å². The van der Waals surface area contributed by atoms with Crippen LogP contribution in [0.5, 0.6) is 0 Å². The van der Waals surface area contributed by atoms with Crippen molar-refractivity contribution < 1.29 is 18.0 Å². The Kier molecular flexibility index (Phi) is 6.40. The molecule has 0 saturated carbocycles. The Balaban J connectivity index is 1.48. The van der Waals surface area contributed by atoms with Gasteiger partial charge in [0.15, 0.2) is 5.69 Å². The van der Waals surface area contributed by atoms with Crippen LogP contribution >= 0.6 is 0 Å². The number of fused-ring (bicyclic) bond motifs is 1. The highest BCUT2D eigenvalue weighted by Gasteiger charge is 2.34. The smallest absolute Gasteiger partial charge is 0.350 e. The van der Waals surface area contributed by atoms with Gasteiger partial charge in [-0.25, -0.2) is 14.2 Å². The topological polar surface area (TPSA) is 104 Å². The van der Waals surface area contributed by atoms with E-state index in [0.29, 0.717) is 13.0 Å². The van der Waals surface area contributed by atoms with E-state index in [9.17, 15) is 27.6 Å². The van der Waals surface area contributed by atoms with Crippen LogP contribution in [0.1, 0.15) is 46.8 Å². The van der Waals surface area contributed by atoms with Gasteiger partial charge in [0.1, 0.15) is 5.82 Å². The molecule has 9 nitrogen and oxygen atoms in total. The lowest BCUT2D eigenvalue weighted by molar-refractivity contribution is -0.137. The first-order valence-electron chi connectivity index (χ1n) is 10.9. The fourth-order valence-corrected chi connectivity index (χ4v) is 3.96. The summed E-state index contributed by atoms with van der Waals surface area (Å²) in [4.78, 5) is 37.3. The SMILES string of the molecule is Cc1cc(=O)c(C(=O)NCCCn2nc3n(c2=O)CCCC3)nn1-c1ccccc1C(F)(F)F. The number of carbonyl (C=O) groups excluding carboxylic acids is 1. The number of benzene rings is 1. The number of para-hydroxylation sites is 1. The summed E-state index contributed by atoms with van der Waals surface area (Å²) in [6, 6.07) is 5.87. The van der Waals surface area contributed by atoms with Crippen LogP contribution in [-0.4, -0.2) is 36.6 Å². The number of amides is 1. The average Bonchev–Trinajstić information content (AvgIpc) is 3.12. The molecule has 1 amide bonds. The highest BCUT2D eigenvalue weighted by molar-refractivity contribution is 5.92. The summed E-state index contributed by atoms with van der Waals surface area (Å²) < 4.78 is 44.3.